The molecule has 16 heavy (non-hydrogen) atoms. The van der Waals surface area contributed by atoms with Crippen LogP contribution in [-0.2, 0) is 0 Å². The predicted octanol–water partition coefficient (Wildman–Crippen LogP) is 2.67. The lowest BCUT2D eigenvalue weighted by Crippen LogP contribution is -2.29. The minimum absolute atomic E-state index is 0.177. The molecule has 0 fully saturated rings. The van der Waals surface area contributed by atoms with Crippen LogP contribution in [0.1, 0.15) is 13.3 Å². The van der Waals surface area contributed by atoms with Crippen LogP contribution in [-0.4, -0.2) is 22.1 Å². The fourth-order valence-corrected chi connectivity index (χ4v) is 1.86. The second-order valence-electron chi connectivity index (χ2n) is 3.51. The highest BCUT2D eigenvalue weighted by Crippen LogP contribution is 2.12. The molecule has 1 aromatic heterocycles. The topological polar surface area (TPSA) is 49.8 Å². The van der Waals surface area contributed by atoms with Gasteiger partial charge in [0, 0.05) is 6.54 Å². The van der Waals surface area contributed by atoms with Crippen molar-refractivity contribution in [3.63, 3.8) is 0 Å². The van der Waals surface area contributed by atoms with Crippen LogP contribution < -0.4 is 5.32 Å². The highest BCUT2D eigenvalue weighted by Gasteiger charge is 2.09. The first-order valence-electron chi connectivity index (χ1n) is 5.22. The number of nitrogens with one attached hydrogen (secondary N) is 2. The molecule has 0 atom stereocenters. The number of benzene rings is 1. The van der Waals surface area contributed by atoms with Gasteiger partial charge in [0.2, 0.25) is 0 Å². The maximum Gasteiger partial charge on any atom is 0.328 e. The van der Waals surface area contributed by atoms with E-state index in [0.717, 1.165) is 17.5 Å². The Kier molecular flexibility index (Phi) is 3.05. The van der Waals surface area contributed by atoms with E-state index < -0.39 is 0 Å². The van der Waals surface area contributed by atoms with Crippen LogP contribution >= 0.6 is 12.2 Å². The number of nitrogens with zero attached hydrogens (tertiary/aromatic N) is 1. The van der Waals surface area contributed by atoms with Gasteiger partial charge < -0.3 is 10.3 Å². The summed E-state index contributed by atoms with van der Waals surface area (Å²) in [4.78, 5) is 14.9. The van der Waals surface area contributed by atoms with E-state index in [1.165, 1.54) is 4.57 Å². The summed E-state index contributed by atoms with van der Waals surface area (Å²) in [7, 11) is 0. The Labute approximate surface area is 98.3 Å². The summed E-state index contributed by atoms with van der Waals surface area (Å²) in [5.41, 5.74) is 1.68. The molecule has 0 unspecified atom stereocenters. The number of hydrogen-bond donors (Lipinski definition) is 2. The second-order valence-corrected chi connectivity index (χ2v) is 3.90. The zero-order chi connectivity index (χ0) is 11.5. The number of carbonyl (C=O) groups is 1. The summed E-state index contributed by atoms with van der Waals surface area (Å²) in [5, 5.41) is 2.81. The van der Waals surface area contributed by atoms with Gasteiger partial charge in [0.1, 0.15) is 0 Å². The number of amides is 1. The molecule has 2 rings (SSSR count). The molecule has 0 saturated carbocycles. The zero-order valence-corrected chi connectivity index (χ0v) is 9.80. The Morgan fingerprint density at radius 1 is 1.50 bits per heavy atom. The number of imidazole rings is 1. The van der Waals surface area contributed by atoms with Crippen molar-refractivity contribution >= 4 is 29.3 Å². The maximum absolute atomic E-state index is 11.9. The Morgan fingerprint density at radius 2 is 2.25 bits per heavy atom. The lowest BCUT2D eigenvalue weighted by Gasteiger charge is -2.04. The number of rotatable bonds is 2. The van der Waals surface area contributed by atoms with Crippen LogP contribution in [0.2, 0.25) is 0 Å². The molecule has 0 saturated heterocycles. The predicted molar refractivity (Wildman–Crippen MR) is 66.2 cm³/mol. The van der Waals surface area contributed by atoms with Crippen molar-refractivity contribution in [1.29, 1.82) is 0 Å². The summed E-state index contributed by atoms with van der Waals surface area (Å²) >= 11 is 5.13. The number of para-hydroxylation sites is 2. The molecule has 1 aromatic carbocycles. The number of H-pyrrole nitrogens is 1. The van der Waals surface area contributed by atoms with Crippen molar-refractivity contribution in [3.05, 3.63) is 29.0 Å². The summed E-state index contributed by atoms with van der Waals surface area (Å²) in [6.45, 7) is 2.66. The summed E-state index contributed by atoms with van der Waals surface area (Å²) in [6.07, 6.45) is 0.904. The first-order chi connectivity index (χ1) is 7.74. The number of hydrogen-bond acceptors (Lipinski definition) is 2. The first kappa shape index (κ1) is 10.9. The quantitative estimate of drug-likeness (QED) is 0.786. The van der Waals surface area contributed by atoms with Crippen molar-refractivity contribution in [2.24, 2.45) is 0 Å². The van der Waals surface area contributed by atoms with E-state index in [9.17, 15) is 4.79 Å². The SMILES string of the molecule is CCCNC(=O)n1c(=S)[nH]c2ccccc21. The first-order valence-corrected chi connectivity index (χ1v) is 5.63. The Hall–Kier alpha value is -1.62. The van der Waals surface area contributed by atoms with Crippen LogP contribution in [0.3, 0.4) is 0 Å². The van der Waals surface area contributed by atoms with Gasteiger partial charge in [-0.1, -0.05) is 19.1 Å². The minimum atomic E-state index is -0.177. The lowest BCUT2D eigenvalue weighted by atomic mass is 10.3. The van der Waals surface area contributed by atoms with Gasteiger partial charge in [-0.05, 0) is 30.8 Å². The number of aromatic nitrogens is 2. The molecule has 1 amide bonds. The molecule has 5 heteroatoms. The normalized spacial score (nSPS) is 10.6. The number of carbonyl (C=O) groups excluding carboxylic acids is 1. The molecule has 2 N–H and O–H groups in total. The summed E-state index contributed by atoms with van der Waals surface area (Å²) < 4.78 is 1.91. The van der Waals surface area contributed by atoms with Crippen LogP contribution in [0.4, 0.5) is 4.79 Å². The number of fused-ring (bicyclic) bond motifs is 1. The third-order valence-corrected chi connectivity index (χ3v) is 2.60. The van der Waals surface area contributed by atoms with Gasteiger partial charge in [0.05, 0.1) is 11.0 Å². The molecule has 0 aliphatic heterocycles. The molecule has 2 aromatic rings. The molecule has 0 bridgehead atoms. The third kappa shape index (κ3) is 1.86. The van der Waals surface area contributed by atoms with E-state index >= 15 is 0 Å². The van der Waals surface area contributed by atoms with Crippen LogP contribution in [0, 0.1) is 4.77 Å². The van der Waals surface area contributed by atoms with Crippen molar-refractivity contribution < 1.29 is 4.79 Å². The second kappa shape index (κ2) is 4.49. The highest BCUT2D eigenvalue weighted by atomic mass is 32.1. The molecule has 0 aliphatic rings. The van der Waals surface area contributed by atoms with Gasteiger partial charge in [-0.2, -0.15) is 0 Å². The summed E-state index contributed by atoms with van der Waals surface area (Å²) in [6, 6.07) is 7.38. The maximum atomic E-state index is 11.9. The van der Waals surface area contributed by atoms with Gasteiger partial charge in [-0.15, -0.1) is 0 Å². The Bertz CT molecular complexity index is 570. The van der Waals surface area contributed by atoms with Gasteiger partial charge in [0.15, 0.2) is 4.77 Å². The number of aromatic amines is 1. The van der Waals surface area contributed by atoms with Gasteiger partial charge >= 0.3 is 6.03 Å². The standard InChI is InChI=1S/C11H13N3OS/c1-2-7-12-10(15)14-9-6-4-3-5-8(9)13-11(14)16/h3-6H,2,7H2,1H3,(H,12,15)(H,13,16). The van der Waals surface area contributed by atoms with Crippen LogP contribution in [0.25, 0.3) is 11.0 Å². The Morgan fingerprint density at radius 3 is 3.00 bits per heavy atom. The van der Waals surface area contributed by atoms with E-state index in [1.807, 2.05) is 31.2 Å². The highest BCUT2D eigenvalue weighted by molar-refractivity contribution is 7.71. The average molecular weight is 235 g/mol. The van der Waals surface area contributed by atoms with E-state index in [-0.39, 0.29) is 6.03 Å². The fraction of sp³-hybridized carbons (Fsp3) is 0.273. The molecule has 0 aliphatic carbocycles. The van der Waals surface area contributed by atoms with Crippen molar-refractivity contribution in [2.45, 2.75) is 13.3 Å². The summed E-state index contributed by atoms with van der Waals surface area (Å²) in [5.74, 6) is 0. The molecule has 1 heterocycles. The smallest absolute Gasteiger partial charge is 0.328 e. The van der Waals surface area contributed by atoms with Crippen LogP contribution in [0.5, 0.6) is 0 Å². The van der Waals surface area contributed by atoms with Gasteiger partial charge in [0.25, 0.3) is 0 Å². The fourth-order valence-electron chi connectivity index (χ4n) is 1.57. The van der Waals surface area contributed by atoms with Crippen molar-refractivity contribution in [2.75, 3.05) is 6.54 Å². The monoisotopic (exact) mass is 235 g/mol. The van der Waals surface area contributed by atoms with E-state index in [4.69, 9.17) is 12.2 Å². The molecule has 0 spiro atoms. The van der Waals surface area contributed by atoms with E-state index in [2.05, 4.69) is 10.3 Å². The van der Waals surface area contributed by atoms with E-state index in [0.29, 0.717) is 11.3 Å². The largest absolute Gasteiger partial charge is 0.337 e. The molecule has 4 nitrogen and oxygen atoms in total. The lowest BCUT2D eigenvalue weighted by molar-refractivity contribution is 0.243. The van der Waals surface area contributed by atoms with Gasteiger partial charge in [-0.3, -0.25) is 0 Å². The van der Waals surface area contributed by atoms with Crippen molar-refractivity contribution in [3.8, 4) is 0 Å². The van der Waals surface area contributed by atoms with Gasteiger partial charge in [-0.25, -0.2) is 9.36 Å². The van der Waals surface area contributed by atoms with Crippen LogP contribution in [0.15, 0.2) is 24.3 Å². The molecular weight excluding hydrogens is 222 g/mol. The molecule has 84 valence electrons. The molecular formula is C11H13N3OS. The average Bonchev–Trinajstić information content (AvgIpc) is 2.62. The Balaban J connectivity index is 2.47. The third-order valence-electron chi connectivity index (χ3n) is 2.32. The van der Waals surface area contributed by atoms with Crippen molar-refractivity contribution in [1.82, 2.24) is 14.9 Å². The zero-order valence-electron chi connectivity index (χ0n) is 8.99. The molecule has 0 radical (unpaired) electrons. The minimum Gasteiger partial charge on any atom is -0.337 e. The van der Waals surface area contributed by atoms with E-state index in [1.54, 1.807) is 0 Å².